The van der Waals surface area contributed by atoms with Crippen molar-refractivity contribution in [3.8, 4) is 6.19 Å². The molecule has 0 aromatic heterocycles. The molecule has 152 valence electrons. The van der Waals surface area contributed by atoms with E-state index in [4.69, 9.17) is 10.00 Å². The zero-order chi connectivity index (χ0) is 21.5. The minimum absolute atomic E-state index is 0.0238. The van der Waals surface area contributed by atoms with Crippen LogP contribution in [0.5, 0.6) is 0 Å². The highest BCUT2D eigenvalue weighted by molar-refractivity contribution is 8.15. The highest BCUT2D eigenvalue weighted by Gasteiger charge is 2.40. The highest BCUT2D eigenvalue weighted by atomic mass is 32.2. The van der Waals surface area contributed by atoms with Crippen LogP contribution in [0.1, 0.15) is 23.7 Å². The summed E-state index contributed by atoms with van der Waals surface area (Å²) in [6, 6.07) is 15.1. The molecule has 0 spiro atoms. The van der Waals surface area contributed by atoms with E-state index in [2.05, 4.69) is 10.3 Å². The Hall–Kier alpha value is -3.64. The zero-order valence-corrected chi connectivity index (χ0v) is 16.9. The summed E-state index contributed by atoms with van der Waals surface area (Å²) in [7, 11) is 0. The van der Waals surface area contributed by atoms with E-state index in [1.807, 2.05) is 6.07 Å². The Morgan fingerprint density at radius 2 is 1.93 bits per heavy atom. The number of benzene rings is 2. The molecule has 1 aliphatic rings. The van der Waals surface area contributed by atoms with Gasteiger partial charge >= 0.3 is 5.97 Å². The van der Waals surface area contributed by atoms with Crippen LogP contribution < -0.4 is 10.2 Å². The average Bonchev–Trinajstić information content (AvgIpc) is 3.02. The Labute approximate surface area is 177 Å². The topological polar surface area (TPSA) is 112 Å². The fourth-order valence-electron chi connectivity index (χ4n) is 2.81. The molecule has 0 saturated carbocycles. The van der Waals surface area contributed by atoms with Crippen LogP contribution in [0.25, 0.3) is 0 Å². The maximum absolute atomic E-state index is 12.9. The molecule has 1 saturated heterocycles. The third-order valence-electron chi connectivity index (χ3n) is 4.15. The van der Waals surface area contributed by atoms with Crippen molar-refractivity contribution in [2.45, 2.75) is 18.6 Å². The van der Waals surface area contributed by atoms with Gasteiger partial charge in [-0.3, -0.25) is 14.9 Å². The van der Waals surface area contributed by atoms with Crippen LogP contribution in [0.2, 0.25) is 0 Å². The Kier molecular flexibility index (Phi) is 6.83. The molecule has 0 aliphatic carbocycles. The minimum atomic E-state index is -0.717. The Morgan fingerprint density at radius 3 is 2.57 bits per heavy atom. The normalized spacial score (nSPS) is 16.3. The fraction of sp³-hybridized carbons (Fsp3) is 0.190. The molecule has 3 rings (SSSR count). The first-order chi connectivity index (χ1) is 14.5. The van der Waals surface area contributed by atoms with Gasteiger partial charge in [0, 0.05) is 6.42 Å². The van der Waals surface area contributed by atoms with E-state index in [0.717, 1.165) is 16.7 Å². The third kappa shape index (κ3) is 4.85. The van der Waals surface area contributed by atoms with Gasteiger partial charge in [0.2, 0.25) is 11.8 Å². The number of anilines is 1. The van der Waals surface area contributed by atoms with E-state index in [1.54, 1.807) is 37.4 Å². The summed E-state index contributed by atoms with van der Waals surface area (Å²) >= 11 is 1.03. The lowest BCUT2D eigenvalue weighted by Crippen LogP contribution is -2.32. The van der Waals surface area contributed by atoms with Crippen LogP contribution in [0.15, 0.2) is 59.6 Å². The molecule has 2 aromatic rings. The van der Waals surface area contributed by atoms with Crippen molar-refractivity contribution in [2.75, 3.05) is 11.5 Å². The quantitative estimate of drug-likeness (QED) is 0.197. The second-order valence-electron chi connectivity index (χ2n) is 6.13. The van der Waals surface area contributed by atoms with E-state index in [1.165, 1.54) is 24.3 Å². The monoisotopic (exact) mass is 422 g/mol. The maximum Gasteiger partial charge on any atom is 0.338 e. The van der Waals surface area contributed by atoms with Gasteiger partial charge in [0.15, 0.2) is 11.4 Å². The summed E-state index contributed by atoms with van der Waals surface area (Å²) in [6.07, 6.45) is 1.78. The lowest BCUT2D eigenvalue weighted by Gasteiger charge is -2.15. The molecular formula is C21H18N4O4S. The first-order valence-electron chi connectivity index (χ1n) is 9.13. The molecular weight excluding hydrogens is 404 g/mol. The smallest absolute Gasteiger partial charge is 0.338 e. The predicted molar refractivity (Wildman–Crippen MR) is 113 cm³/mol. The van der Waals surface area contributed by atoms with E-state index >= 15 is 0 Å². The van der Waals surface area contributed by atoms with Gasteiger partial charge in [0.25, 0.3) is 0 Å². The van der Waals surface area contributed by atoms with Crippen LogP contribution in [0.3, 0.4) is 0 Å². The molecule has 1 atom stereocenters. The molecule has 0 unspecified atom stereocenters. The minimum Gasteiger partial charge on any atom is -0.462 e. The number of aliphatic imine (C=N–C) groups is 1. The van der Waals surface area contributed by atoms with E-state index < -0.39 is 17.1 Å². The molecule has 2 amide bonds. The number of ether oxygens (including phenoxy) is 1. The van der Waals surface area contributed by atoms with Crippen molar-refractivity contribution in [2.24, 2.45) is 4.99 Å². The predicted octanol–water partition coefficient (Wildman–Crippen LogP) is 2.99. The van der Waals surface area contributed by atoms with Crippen molar-refractivity contribution >= 4 is 46.1 Å². The van der Waals surface area contributed by atoms with Gasteiger partial charge < -0.3 is 4.74 Å². The van der Waals surface area contributed by atoms with Crippen molar-refractivity contribution < 1.29 is 19.1 Å². The number of hydrogen-bond acceptors (Lipinski definition) is 7. The highest BCUT2D eigenvalue weighted by Crippen LogP contribution is 2.31. The van der Waals surface area contributed by atoms with Crippen molar-refractivity contribution in [1.29, 1.82) is 5.26 Å². The Morgan fingerprint density at radius 1 is 1.23 bits per heavy atom. The second kappa shape index (κ2) is 9.71. The number of esters is 1. The Bertz CT molecular complexity index is 1020. The first-order valence-corrected chi connectivity index (χ1v) is 10.0. The first kappa shape index (κ1) is 21.1. The summed E-state index contributed by atoms with van der Waals surface area (Å²) in [4.78, 5) is 42.5. The van der Waals surface area contributed by atoms with Crippen LogP contribution in [0, 0.1) is 11.5 Å². The molecule has 2 aromatic carbocycles. The number of para-hydroxylation sites is 1. The fourth-order valence-corrected chi connectivity index (χ4v) is 3.78. The third-order valence-corrected chi connectivity index (χ3v) is 5.21. The average molecular weight is 422 g/mol. The van der Waals surface area contributed by atoms with E-state index in [0.29, 0.717) is 16.9 Å². The molecule has 8 nitrogen and oxygen atoms in total. The molecule has 1 aliphatic heterocycles. The molecule has 1 heterocycles. The Balaban J connectivity index is 1.76. The summed E-state index contributed by atoms with van der Waals surface area (Å²) in [5, 5.41) is 11.0. The molecule has 1 N–H and O–H groups in total. The second-order valence-corrected chi connectivity index (χ2v) is 7.33. The number of carbonyl (C=O) groups excluding carboxylic acids is 3. The van der Waals surface area contributed by atoms with Gasteiger partial charge in [-0.05, 0) is 43.3 Å². The van der Waals surface area contributed by atoms with Crippen molar-refractivity contribution in [3.63, 3.8) is 0 Å². The number of carbonyl (C=O) groups is 3. The van der Waals surface area contributed by atoms with Crippen LogP contribution in [-0.4, -0.2) is 34.8 Å². The number of nitriles is 1. The number of nitrogens with zero attached hydrogens (tertiary/aromatic N) is 3. The van der Waals surface area contributed by atoms with Crippen LogP contribution in [0.4, 0.5) is 11.4 Å². The van der Waals surface area contributed by atoms with E-state index in [-0.39, 0.29) is 24.1 Å². The molecule has 1 fully saturated rings. The molecule has 30 heavy (non-hydrogen) atoms. The number of imide groups is 1. The summed E-state index contributed by atoms with van der Waals surface area (Å²) in [5.74, 6) is -1.24. The van der Waals surface area contributed by atoms with Gasteiger partial charge in [-0.2, -0.15) is 5.26 Å². The standard InChI is InChI=1S/C21H18N4O4S/c1-2-29-20(28)14-8-10-16(11-9-14)25-18(26)12-17(19(25)27)30-21(23-13-22)24-15-6-4-3-5-7-15/h3-11,17H,2,12H2,1H3,(H,23,24)/t17-/m1/s1. The molecule has 0 radical (unpaired) electrons. The number of thioether (sulfide) groups is 1. The van der Waals surface area contributed by atoms with Crippen LogP contribution >= 0.6 is 11.8 Å². The van der Waals surface area contributed by atoms with Crippen molar-refractivity contribution in [1.82, 2.24) is 5.32 Å². The zero-order valence-electron chi connectivity index (χ0n) is 16.1. The summed E-state index contributed by atoms with van der Waals surface area (Å²) in [5.41, 5.74) is 1.32. The number of nitrogens with one attached hydrogen (secondary N) is 1. The van der Waals surface area contributed by atoms with Gasteiger partial charge in [-0.15, -0.1) is 0 Å². The number of rotatable bonds is 5. The van der Waals surface area contributed by atoms with E-state index in [9.17, 15) is 14.4 Å². The molecule has 0 bridgehead atoms. The van der Waals surface area contributed by atoms with Gasteiger partial charge in [0.1, 0.15) is 5.25 Å². The number of amides is 2. The van der Waals surface area contributed by atoms with Gasteiger partial charge in [-0.25, -0.2) is 14.7 Å². The van der Waals surface area contributed by atoms with Gasteiger partial charge in [0.05, 0.1) is 23.5 Å². The lowest BCUT2D eigenvalue weighted by atomic mass is 10.2. The lowest BCUT2D eigenvalue weighted by molar-refractivity contribution is -0.121. The number of hydrogen-bond donors (Lipinski definition) is 1. The number of amidine groups is 1. The molecule has 9 heteroatoms. The van der Waals surface area contributed by atoms with Gasteiger partial charge in [-0.1, -0.05) is 30.0 Å². The SMILES string of the molecule is CCOC(=O)c1ccc(N2C(=O)C[C@@H](SC(=Nc3ccccc3)NC#N)C2=O)cc1. The maximum atomic E-state index is 12.9. The largest absolute Gasteiger partial charge is 0.462 e. The summed E-state index contributed by atoms with van der Waals surface area (Å²) < 4.78 is 4.93. The van der Waals surface area contributed by atoms with Crippen LogP contribution in [-0.2, 0) is 14.3 Å². The summed E-state index contributed by atoms with van der Waals surface area (Å²) in [6.45, 7) is 1.97. The van der Waals surface area contributed by atoms with Crippen molar-refractivity contribution in [3.05, 3.63) is 60.2 Å².